The molecule has 0 radical (unpaired) electrons. The van der Waals surface area contributed by atoms with E-state index in [1.807, 2.05) is 24.3 Å². The Labute approximate surface area is 144 Å². The number of hydrogen-bond acceptors (Lipinski definition) is 4. The first-order chi connectivity index (χ1) is 12.1. The summed E-state index contributed by atoms with van der Waals surface area (Å²) >= 11 is 0. The number of furan rings is 1. The van der Waals surface area contributed by atoms with Crippen molar-refractivity contribution in [3.05, 3.63) is 53.5 Å². The van der Waals surface area contributed by atoms with E-state index in [-0.39, 0.29) is 17.4 Å². The summed E-state index contributed by atoms with van der Waals surface area (Å²) in [5.74, 6) is -2.03. The zero-order valence-corrected chi connectivity index (χ0v) is 13.5. The SMILES string of the molecule is O=C(O)c1ccc(C(=O)NCCCC(=O)N2CCc3ccccc32)o1. The van der Waals surface area contributed by atoms with Gasteiger partial charge in [0, 0.05) is 25.2 Å². The number of carboxylic acids is 1. The highest BCUT2D eigenvalue weighted by atomic mass is 16.4. The molecule has 0 aliphatic carbocycles. The lowest BCUT2D eigenvalue weighted by Gasteiger charge is -2.17. The van der Waals surface area contributed by atoms with E-state index in [1.165, 1.54) is 17.7 Å². The summed E-state index contributed by atoms with van der Waals surface area (Å²) in [6.45, 7) is 0.998. The molecule has 0 bridgehead atoms. The van der Waals surface area contributed by atoms with Crippen LogP contribution in [-0.2, 0) is 11.2 Å². The van der Waals surface area contributed by atoms with Gasteiger partial charge in [0.1, 0.15) is 0 Å². The molecule has 0 spiro atoms. The molecule has 3 rings (SSSR count). The number of carboxylic acid groups (broad SMARTS) is 1. The molecular weight excluding hydrogens is 324 g/mol. The summed E-state index contributed by atoms with van der Waals surface area (Å²) in [5.41, 5.74) is 2.14. The number of fused-ring (bicyclic) bond motifs is 1. The number of benzene rings is 1. The topological polar surface area (TPSA) is 99.8 Å². The van der Waals surface area contributed by atoms with E-state index in [4.69, 9.17) is 9.52 Å². The van der Waals surface area contributed by atoms with Crippen LogP contribution in [0.2, 0.25) is 0 Å². The Bertz CT molecular complexity index is 811. The van der Waals surface area contributed by atoms with Crippen molar-refractivity contribution in [2.24, 2.45) is 0 Å². The zero-order chi connectivity index (χ0) is 17.8. The van der Waals surface area contributed by atoms with Crippen LogP contribution in [0.5, 0.6) is 0 Å². The highest BCUT2D eigenvalue weighted by Gasteiger charge is 2.23. The fourth-order valence-electron chi connectivity index (χ4n) is 2.84. The summed E-state index contributed by atoms with van der Waals surface area (Å²) in [7, 11) is 0. The Morgan fingerprint density at radius 1 is 1.12 bits per heavy atom. The smallest absolute Gasteiger partial charge is 0.371 e. The number of rotatable bonds is 6. The first-order valence-corrected chi connectivity index (χ1v) is 8.06. The van der Waals surface area contributed by atoms with Gasteiger partial charge in [-0.15, -0.1) is 0 Å². The predicted octanol–water partition coefficient (Wildman–Crippen LogP) is 2.08. The maximum Gasteiger partial charge on any atom is 0.371 e. The van der Waals surface area contributed by atoms with Gasteiger partial charge < -0.3 is 19.7 Å². The van der Waals surface area contributed by atoms with E-state index in [0.29, 0.717) is 25.9 Å². The first kappa shape index (κ1) is 16.8. The minimum Gasteiger partial charge on any atom is -0.475 e. The molecule has 130 valence electrons. The molecular formula is C18H18N2O5. The molecule has 0 saturated heterocycles. The molecule has 2 amide bonds. The molecule has 25 heavy (non-hydrogen) atoms. The number of para-hydroxylation sites is 1. The predicted molar refractivity (Wildman–Crippen MR) is 89.7 cm³/mol. The standard InChI is InChI=1S/C18H18N2O5/c21-16(20-11-9-12-4-1-2-5-13(12)20)6-3-10-19-17(22)14-7-8-15(25-14)18(23)24/h1-2,4-5,7-8H,3,6,9-11H2,(H,19,22)(H,23,24). The monoisotopic (exact) mass is 342 g/mol. The quantitative estimate of drug-likeness (QED) is 0.783. The number of carbonyl (C=O) groups excluding carboxylic acids is 2. The maximum absolute atomic E-state index is 12.3. The molecule has 7 nitrogen and oxygen atoms in total. The van der Waals surface area contributed by atoms with Crippen LogP contribution in [0.15, 0.2) is 40.8 Å². The fraction of sp³-hybridized carbons (Fsp3) is 0.278. The lowest BCUT2D eigenvalue weighted by Crippen LogP contribution is -2.30. The number of hydrogen-bond donors (Lipinski definition) is 2. The van der Waals surface area contributed by atoms with Crippen LogP contribution in [0, 0.1) is 0 Å². The van der Waals surface area contributed by atoms with Crippen LogP contribution in [0.1, 0.15) is 39.5 Å². The van der Waals surface area contributed by atoms with Crippen molar-refractivity contribution in [2.45, 2.75) is 19.3 Å². The van der Waals surface area contributed by atoms with Crippen molar-refractivity contribution >= 4 is 23.5 Å². The van der Waals surface area contributed by atoms with Crippen molar-refractivity contribution in [1.82, 2.24) is 5.32 Å². The van der Waals surface area contributed by atoms with Gasteiger partial charge in [0.15, 0.2) is 5.76 Å². The third-order valence-electron chi connectivity index (χ3n) is 4.08. The second kappa shape index (κ2) is 7.21. The Morgan fingerprint density at radius 3 is 2.64 bits per heavy atom. The summed E-state index contributed by atoms with van der Waals surface area (Å²) in [5, 5.41) is 11.4. The van der Waals surface area contributed by atoms with Crippen molar-refractivity contribution in [3.8, 4) is 0 Å². The van der Waals surface area contributed by atoms with Gasteiger partial charge in [-0.2, -0.15) is 0 Å². The van der Waals surface area contributed by atoms with Crippen molar-refractivity contribution in [1.29, 1.82) is 0 Å². The van der Waals surface area contributed by atoms with Gasteiger partial charge in [0.2, 0.25) is 11.7 Å². The normalized spacial score (nSPS) is 12.7. The van der Waals surface area contributed by atoms with E-state index in [9.17, 15) is 14.4 Å². The van der Waals surface area contributed by atoms with Crippen molar-refractivity contribution in [2.75, 3.05) is 18.0 Å². The number of aromatic carboxylic acids is 1. The van der Waals surface area contributed by atoms with Gasteiger partial charge in [-0.25, -0.2) is 4.79 Å². The van der Waals surface area contributed by atoms with Gasteiger partial charge in [-0.1, -0.05) is 18.2 Å². The van der Waals surface area contributed by atoms with Crippen LogP contribution < -0.4 is 10.2 Å². The number of anilines is 1. The van der Waals surface area contributed by atoms with Crippen LogP contribution in [-0.4, -0.2) is 36.0 Å². The third kappa shape index (κ3) is 3.71. The molecule has 0 atom stereocenters. The van der Waals surface area contributed by atoms with Crippen molar-refractivity contribution < 1.29 is 23.9 Å². The van der Waals surface area contributed by atoms with Crippen LogP contribution in [0.3, 0.4) is 0 Å². The van der Waals surface area contributed by atoms with Crippen LogP contribution in [0.4, 0.5) is 5.69 Å². The first-order valence-electron chi connectivity index (χ1n) is 8.06. The minimum atomic E-state index is -1.23. The molecule has 0 saturated carbocycles. The van der Waals surface area contributed by atoms with Gasteiger partial charge >= 0.3 is 5.97 Å². The molecule has 1 aromatic heterocycles. The van der Waals surface area contributed by atoms with Gasteiger partial charge in [0.05, 0.1) is 0 Å². The second-order valence-electron chi connectivity index (χ2n) is 5.75. The average Bonchev–Trinajstić information content (AvgIpc) is 3.25. The highest BCUT2D eigenvalue weighted by molar-refractivity contribution is 5.95. The largest absolute Gasteiger partial charge is 0.475 e. The summed E-state index contributed by atoms with van der Waals surface area (Å²) in [4.78, 5) is 36.7. The Balaban J connectivity index is 1.45. The van der Waals surface area contributed by atoms with Gasteiger partial charge in [-0.3, -0.25) is 9.59 Å². The van der Waals surface area contributed by atoms with Gasteiger partial charge in [0.25, 0.3) is 5.91 Å². The molecule has 1 aliphatic rings. The van der Waals surface area contributed by atoms with Crippen LogP contribution >= 0.6 is 0 Å². The Morgan fingerprint density at radius 2 is 1.88 bits per heavy atom. The zero-order valence-electron chi connectivity index (χ0n) is 13.5. The average molecular weight is 342 g/mol. The van der Waals surface area contributed by atoms with E-state index in [2.05, 4.69) is 5.32 Å². The molecule has 0 fully saturated rings. The minimum absolute atomic E-state index is 0.0327. The second-order valence-corrected chi connectivity index (χ2v) is 5.75. The molecule has 7 heteroatoms. The molecule has 2 N–H and O–H groups in total. The molecule has 0 unspecified atom stereocenters. The van der Waals surface area contributed by atoms with E-state index >= 15 is 0 Å². The lowest BCUT2D eigenvalue weighted by molar-refractivity contribution is -0.118. The lowest BCUT2D eigenvalue weighted by atomic mass is 10.2. The Kier molecular flexibility index (Phi) is 4.83. The van der Waals surface area contributed by atoms with E-state index < -0.39 is 11.9 Å². The fourth-order valence-corrected chi connectivity index (χ4v) is 2.84. The third-order valence-corrected chi connectivity index (χ3v) is 4.08. The molecule has 1 aliphatic heterocycles. The molecule has 1 aromatic carbocycles. The van der Waals surface area contributed by atoms with Gasteiger partial charge in [-0.05, 0) is 36.6 Å². The van der Waals surface area contributed by atoms with E-state index in [1.54, 1.807) is 4.90 Å². The summed E-state index contributed by atoms with van der Waals surface area (Å²) < 4.78 is 4.92. The van der Waals surface area contributed by atoms with Crippen molar-refractivity contribution in [3.63, 3.8) is 0 Å². The molecule has 2 heterocycles. The number of nitrogens with zero attached hydrogens (tertiary/aromatic N) is 1. The highest BCUT2D eigenvalue weighted by Crippen LogP contribution is 2.27. The number of amides is 2. The maximum atomic E-state index is 12.3. The number of nitrogens with one attached hydrogen (secondary N) is 1. The molecule has 2 aromatic rings. The van der Waals surface area contributed by atoms with E-state index in [0.717, 1.165) is 12.1 Å². The summed E-state index contributed by atoms with van der Waals surface area (Å²) in [6, 6.07) is 10.4. The summed E-state index contributed by atoms with van der Waals surface area (Å²) in [6.07, 6.45) is 1.69. The van der Waals surface area contributed by atoms with Crippen LogP contribution in [0.25, 0.3) is 0 Å². The number of carbonyl (C=O) groups is 3. The Hall–Kier alpha value is -3.09.